The lowest BCUT2D eigenvalue weighted by atomic mass is 9.95. The zero-order valence-electron chi connectivity index (χ0n) is 16.0. The fourth-order valence-corrected chi connectivity index (χ4v) is 3.05. The largest absolute Gasteiger partial charge is 0.481 e. The molecule has 29 heavy (non-hydrogen) atoms. The SMILES string of the molecule is CCn1nc(-c2ccccc2)c(-c2ccccc2)c(C(=O)NCCC(=O)O)c1=O. The molecule has 3 rings (SSSR count). The molecule has 3 aromatic rings. The molecular weight excluding hydrogens is 370 g/mol. The second kappa shape index (κ2) is 8.97. The molecule has 2 aromatic carbocycles. The Labute approximate surface area is 167 Å². The van der Waals surface area contributed by atoms with Crippen LogP contribution in [-0.2, 0) is 11.3 Å². The van der Waals surface area contributed by atoms with Crippen LogP contribution in [0.2, 0.25) is 0 Å². The van der Waals surface area contributed by atoms with Gasteiger partial charge in [0.1, 0.15) is 5.56 Å². The third-order valence-electron chi connectivity index (χ3n) is 4.42. The molecule has 0 radical (unpaired) electrons. The van der Waals surface area contributed by atoms with Gasteiger partial charge in [-0.2, -0.15) is 5.10 Å². The summed E-state index contributed by atoms with van der Waals surface area (Å²) in [5, 5.41) is 15.9. The van der Waals surface area contributed by atoms with Crippen molar-refractivity contribution >= 4 is 11.9 Å². The van der Waals surface area contributed by atoms with Crippen LogP contribution in [0.25, 0.3) is 22.4 Å². The molecule has 0 unspecified atom stereocenters. The van der Waals surface area contributed by atoms with Gasteiger partial charge < -0.3 is 10.4 Å². The van der Waals surface area contributed by atoms with Gasteiger partial charge in [-0.3, -0.25) is 14.4 Å². The Bertz CT molecular complexity index is 1080. The van der Waals surface area contributed by atoms with Crippen molar-refractivity contribution in [1.29, 1.82) is 0 Å². The van der Waals surface area contributed by atoms with Crippen LogP contribution >= 0.6 is 0 Å². The molecule has 0 saturated heterocycles. The number of aromatic nitrogens is 2. The van der Waals surface area contributed by atoms with E-state index in [1.165, 1.54) is 4.68 Å². The van der Waals surface area contributed by atoms with Crippen LogP contribution in [-0.4, -0.2) is 33.3 Å². The van der Waals surface area contributed by atoms with E-state index in [0.717, 1.165) is 5.56 Å². The minimum Gasteiger partial charge on any atom is -0.481 e. The summed E-state index contributed by atoms with van der Waals surface area (Å²) in [6.45, 7) is 2.00. The smallest absolute Gasteiger partial charge is 0.305 e. The number of carboxylic acids is 1. The normalized spacial score (nSPS) is 10.5. The Morgan fingerprint density at radius 3 is 2.14 bits per heavy atom. The van der Waals surface area contributed by atoms with Crippen molar-refractivity contribution in [1.82, 2.24) is 15.1 Å². The second-order valence-corrected chi connectivity index (χ2v) is 6.35. The number of rotatable bonds is 7. The summed E-state index contributed by atoms with van der Waals surface area (Å²) in [6, 6.07) is 18.4. The number of nitrogens with one attached hydrogen (secondary N) is 1. The Morgan fingerprint density at radius 1 is 1.00 bits per heavy atom. The van der Waals surface area contributed by atoms with E-state index in [4.69, 9.17) is 5.11 Å². The molecular formula is C22H21N3O4. The van der Waals surface area contributed by atoms with Crippen molar-refractivity contribution in [3.8, 4) is 22.4 Å². The molecule has 0 aliphatic rings. The molecule has 148 valence electrons. The van der Waals surface area contributed by atoms with Crippen LogP contribution in [0.3, 0.4) is 0 Å². The molecule has 1 heterocycles. The van der Waals surface area contributed by atoms with Crippen LogP contribution in [0.4, 0.5) is 0 Å². The van der Waals surface area contributed by atoms with Crippen molar-refractivity contribution in [3.05, 3.63) is 76.6 Å². The van der Waals surface area contributed by atoms with Gasteiger partial charge in [0, 0.05) is 24.2 Å². The summed E-state index contributed by atoms with van der Waals surface area (Å²) in [5.74, 6) is -1.64. The van der Waals surface area contributed by atoms with Crippen LogP contribution in [0.1, 0.15) is 23.7 Å². The summed E-state index contributed by atoms with van der Waals surface area (Å²) in [5.41, 5.74) is 1.84. The summed E-state index contributed by atoms with van der Waals surface area (Å²) >= 11 is 0. The Kier molecular flexibility index (Phi) is 6.19. The van der Waals surface area contributed by atoms with Gasteiger partial charge in [0.2, 0.25) is 0 Å². The predicted molar refractivity (Wildman–Crippen MR) is 110 cm³/mol. The van der Waals surface area contributed by atoms with Gasteiger partial charge in [0.25, 0.3) is 11.5 Å². The Hall–Kier alpha value is -3.74. The van der Waals surface area contributed by atoms with E-state index in [1.54, 1.807) is 6.92 Å². The summed E-state index contributed by atoms with van der Waals surface area (Å²) in [4.78, 5) is 36.8. The first-order valence-corrected chi connectivity index (χ1v) is 9.29. The van der Waals surface area contributed by atoms with Gasteiger partial charge in [-0.1, -0.05) is 60.7 Å². The highest BCUT2D eigenvalue weighted by Gasteiger charge is 2.24. The highest BCUT2D eigenvalue weighted by atomic mass is 16.4. The molecule has 0 fully saturated rings. The summed E-state index contributed by atoms with van der Waals surface area (Å²) in [6.07, 6.45) is -0.231. The van der Waals surface area contributed by atoms with Crippen molar-refractivity contribution in [2.24, 2.45) is 0 Å². The van der Waals surface area contributed by atoms with Gasteiger partial charge in [-0.15, -0.1) is 0 Å². The van der Waals surface area contributed by atoms with Crippen molar-refractivity contribution in [2.45, 2.75) is 19.9 Å². The highest BCUT2D eigenvalue weighted by Crippen LogP contribution is 2.31. The van der Waals surface area contributed by atoms with Gasteiger partial charge >= 0.3 is 5.97 Å². The Balaban J connectivity index is 2.26. The molecule has 0 atom stereocenters. The molecule has 0 bridgehead atoms. The zero-order valence-corrected chi connectivity index (χ0v) is 16.0. The van der Waals surface area contributed by atoms with E-state index >= 15 is 0 Å². The molecule has 0 aliphatic heterocycles. The lowest BCUT2D eigenvalue weighted by molar-refractivity contribution is -0.136. The average molecular weight is 391 g/mol. The van der Waals surface area contributed by atoms with Gasteiger partial charge in [-0.05, 0) is 12.5 Å². The maximum atomic E-state index is 13.0. The summed E-state index contributed by atoms with van der Waals surface area (Å²) in [7, 11) is 0. The number of hydrogen-bond acceptors (Lipinski definition) is 4. The van der Waals surface area contributed by atoms with Crippen molar-refractivity contribution in [3.63, 3.8) is 0 Å². The Morgan fingerprint density at radius 2 is 1.59 bits per heavy atom. The molecule has 1 aromatic heterocycles. The zero-order chi connectivity index (χ0) is 20.8. The van der Waals surface area contributed by atoms with Crippen LogP contribution in [0.5, 0.6) is 0 Å². The molecule has 2 N–H and O–H groups in total. The van der Waals surface area contributed by atoms with Gasteiger partial charge in [0.15, 0.2) is 0 Å². The van der Waals surface area contributed by atoms with Gasteiger partial charge in [-0.25, -0.2) is 4.68 Å². The number of carbonyl (C=O) groups excluding carboxylic acids is 1. The van der Waals surface area contributed by atoms with Crippen molar-refractivity contribution < 1.29 is 14.7 Å². The number of amides is 1. The monoisotopic (exact) mass is 391 g/mol. The van der Waals surface area contributed by atoms with E-state index in [2.05, 4.69) is 10.4 Å². The lowest BCUT2D eigenvalue weighted by Gasteiger charge is -2.16. The quantitative estimate of drug-likeness (QED) is 0.645. The fourth-order valence-electron chi connectivity index (χ4n) is 3.05. The number of aliphatic carboxylic acids is 1. The fraction of sp³-hybridized carbons (Fsp3) is 0.182. The molecule has 1 amide bonds. The predicted octanol–water partition coefficient (Wildman–Crippen LogP) is 2.80. The molecule has 0 aliphatic carbocycles. The minimum atomic E-state index is -1.03. The number of benzene rings is 2. The number of nitrogens with zero attached hydrogens (tertiary/aromatic N) is 2. The number of carbonyl (C=O) groups is 2. The van der Waals surface area contributed by atoms with E-state index < -0.39 is 17.4 Å². The number of aryl methyl sites for hydroxylation is 1. The maximum absolute atomic E-state index is 13.0. The molecule has 7 heteroatoms. The standard InChI is InChI=1S/C22H21N3O4/c1-2-25-22(29)19(21(28)23-14-13-17(26)27)18(15-9-5-3-6-10-15)20(24-25)16-11-7-4-8-12-16/h3-12H,2,13-14H2,1H3,(H,23,28)(H,26,27). The molecule has 7 nitrogen and oxygen atoms in total. The first kappa shape index (κ1) is 20.0. The van der Waals surface area contributed by atoms with E-state index in [0.29, 0.717) is 23.4 Å². The summed E-state index contributed by atoms with van der Waals surface area (Å²) < 4.78 is 1.25. The van der Waals surface area contributed by atoms with Crippen LogP contribution in [0, 0.1) is 0 Å². The molecule has 0 spiro atoms. The van der Waals surface area contributed by atoms with E-state index in [1.807, 2.05) is 60.7 Å². The van der Waals surface area contributed by atoms with E-state index in [9.17, 15) is 14.4 Å². The second-order valence-electron chi connectivity index (χ2n) is 6.35. The molecule has 0 saturated carbocycles. The first-order chi connectivity index (χ1) is 14.0. The van der Waals surface area contributed by atoms with Crippen molar-refractivity contribution in [2.75, 3.05) is 6.54 Å². The van der Waals surface area contributed by atoms with Gasteiger partial charge in [0.05, 0.1) is 12.1 Å². The highest BCUT2D eigenvalue weighted by molar-refractivity contribution is 6.03. The van der Waals surface area contributed by atoms with Crippen LogP contribution in [0.15, 0.2) is 65.5 Å². The topological polar surface area (TPSA) is 101 Å². The minimum absolute atomic E-state index is 0.0442. The van der Waals surface area contributed by atoms with Crippen LogP contribution < -0.4 is 10.9 Å². The number of hydrogen-bond donors (Lipinski definition) is 2. The third kappa shape index (κ3) is 4.40. The third-order valence-corrected chi connectivity index (χ3v) is 4.42. The lowest BCUT2D eigenvalue weighted by Crippen LogP contribution is -2.36. The first-order valence-electron chi connectivity index (χ1n) is 9.29. The number of carboxylic acid groups (broad SMARTS) is 1. The maximum Gasteiger partial charge on any atom is 0.305 e. The average Bonchev–Trinajstić information content (AvgIpc) is 2.74. The van der Waals surface area contributed by atoms with E-state index in [-0.39, 0.29) is 18.5 Å².